The number of nitrogens with one attached hydrogen (secondary N) is 1. The lowest BCUT2D eigenvalue weighted by atomic mass is 10.1. The summed E-state index contributed by atoms with van der Waals surface area (Å²) in [4.78, 5) is 40.7. The van der Waals surface area contributed by atoms with Gasteiger partial charge in [0.15, 0.2) is 6.61 Å². The first kappa shape index (κ1) is 23.3. The van der Waals surface area contributed by atoms with Crippen LogP contribution in [-0.2, 0) is 27.0 Å². The molecule has 32 heavy (non-hydrogen) atoms. The maximum Gasteiger partial charge on any atom is 0.418 e. The molecule has 0 saturated heterocycles. The molecule has 1 amide bonds. The molecule has 11 heteroatoms. The van der Waals surface area contributed by atoms with Crippen LogP contribution in [0.1, 0.15) is 17.5 Å². The Bertz CT molecular complexity index is 1240. The number of aromatic nitrogens is 2. The van der Waals surface area contributed by atoms with Crippen molar-refractivity contribution in [2.45, 2.75) is 26.1 Å². The zero-order valence-corrected chi connectivity index (χ0v) is 17.5. The van der Waals surface area contributed by atoms with Crippen molar-refractivity contribution in [3.05, 3.63) is 69.2 Å². The van der Waals surface area contributed by atoms with E-state index in [1.54, 1.807) is 12.1 Å². The van der Waals surface area contributed by atoms with Gasteiger partial charge in [-0.1, -0.05) is 29.8 Å². The molecule has 2 aromatic carbocycles. The number of carbonyl (C=O) groups is 2. The summed E-state index contributed by atoms with van der Waals surface area (Å²) in [6.45, 7) is 0.964. The van der Waals surface area contributed by atoms with Crippen LogP contribution in [0.25, 0.3) is 10.9 Å². The highest BCUT2D eigenvalue weighted by Gasteiger charge is 2.34. The molecule has 3 aromatic rings. The lowest BCUT2D eigenvalue weighted by Crippen LogP contribution is -2.25. The van der Waals surface area contributed by atoms with Crippen LogP contribution in [0.5, 0.6) is 0 Å². The number of benzene rings is 2. The van der Waals surface area contributed by atoms with Crippen LogP contribution in [-0.4, -0.2) is 28.0 Å². The molecule has 7 nitrogen and oxygen atoms in total. The monoisotopic (exact) mass is 467 g/mol. The number of anilines is 1. The van der Waals surface area contributed by atoms with E-state index in [1.165, 1.54) is 17.0 Å². The standard InChI is InChI=1S/C21H17ClF3N3O4/c1-12-4-2-5-13-18(12)26-11-28(20(13)31)9-8-17(30)32-10-16(29)27-19-14(21(23,24)25)6-3-7-15(19)22/h2-7,11H,8-10H2,1H3,(H,27,29). The highest BCUT2D eigenvalue weighted by Crippen LogP contribution is 2.38. The highest BCUT2D eigenvalue weighted by molar-refractivity contribution is 6.34. The lowest BCUT2D eigenvalue weighted by molar-refractivity contribution is -0.147. The maximum absolute atomic E-state index is 13.1. The van der Waals surface area contributed by atoms with Crippen LogP contribution in [0.15, 0.2) is 47.5 Å². The fourth-order valence-corrected chi connectivity index (χ4v) is 3.21. The number of halogens is 4. The van der Waals surface area contributed by atoms with Gasteiger partial charge >= 0.3 is 12.1 Å². The van der Waals surface area contributed by atoms with Crippen LogP contribution >= 0.6 is 11.6 Å². The predicted molar refractivity (Wildman–Crippen MR) is 111 cm³/mol. The number of aryl methyl sites for hydroxylation is 2. The van der Waals surface area contributed by atoms with E-state index in [0.717, 1.165) is 17.7 Å². The summed E-state index contributed by atoms with van der Waals surface area (Å²) in [5.41, 5.74) is -0.673. The third-order valence-electron chi connectivity index (χ3n) is 4.56. The summed E-state index contributed by atoms with van der Waals surface area (Å²) in [6, 6.07) is 8.23. The smallest absolute Gasteiger partial charge is 0.418 e. The topological polar surface area (TPSA) is 90.3 Å². The molecule has 0 saturated carbocycles. The summed E-state index contributed by atoms with van der Waals surface area (Å²) < 4.78 is 45.3. The van der Waals surface area contributed by atoms with Gasteiger partial charge < -0.3 is 10.1 Å². The molecule has 0 atom stereocenters. The minimum absolute atomic E-state index is 0.0428. The van der Waals surface area contributed by atoms with E-state index in [4.69, 9.17) is 16.3 Å². The molecule has 168 valence electrons. The number of alkyl halides is 3. The van der Waals surface area contributed by atoms with Gasteiger partial charge in [-0.25, -0.2) is 4.98 Å². The molecular weight excluding hydrogens is 451 g/mol. The molecule has 0 bridgehead atoms. The van der Waals surface area contributed by atoms with Crippen LogP contribution in [0.4, 0.5) is 18.9 Å². The van der Waals surface area contributed by atoms with Gasteiger partial charge in [-0.3, -0.25) is 19.0 Å². The Morgan fingerprint density at radius 3 is 2.62 bits per heavy atom. The molecular formula is C21H17ClF3N3O4. The van der Waals surface area contributed by atoms with E-state index >= 15 is 0 Å². The zero-order valence-electron chi connectivity index (χ0n) is 16.7. The number of para-hydroxylation sites is 2. The molecule has 1 aromatic heterocycles. The summed E-state index contributed by atoms with van der Waals surface area (Å²) in [5, 5.41) is 2.11. The van der Waals surface area contributed by atoms with Crippen molar-refractivity contribution >= 4 is 40.1 Å². The number of hydrogen-bond acceptors (Lipinski definition) is 5. The number of rotatable bonds is 6. The average molecular weight is 468 g/mol. The Morgan fingerprint density at radius 1 is 1.19 bits per heavy atom. The van der Waals surface area contributed by atoms with Crippen LogP contribution < -0.4 is 10.9 Å². The highest BCUT2D eigenvalue weighted by atomic mass is 35.5. The van der Waals surface area contributed by atoms with E-state index in [9.17, 15) is 27.6 Å². The molecule has 0 aliphatic rings. The van der Waals surface area contributed by atoms with Crippen molar-refractivity contribution < 1.29 is 27.5 Å². The van der Waals surface area contributed by atoms with Gasteiger partial charge in [-0.2, -0.15) is 13.2 Å². The third-order valence-corrected chi connectivity index (χ3v) is 4.87. The fraction of sp³-hybridized carbons (Fsp3) is 0.238. The quantitative estimate of drug-likeness (QED) is 0.554. The normalized spacial score (nSPS) is 11.4. The van der Waals surface area contributed by atoms with E-state index in [-0.39, 0.29) is 23.5 Å². The van der Waals surface area contributed by atoms with Crippen LogP contribution in [0.3, 0.4) is 0 Å². The number of amides is 1. The Labute approximate surface area is 184 Å². The molecule has 3 rings (SSSR count). The first-order valence-corrected chi connectivity index (χ1v) is 9.71. The minimum atomic E-state index is -4.73. The number of carbonyl (C=O) groups excluding carboxylic acids is 2. The van der Waals surface area contributed by atoms with Crippen LogP contribution in [0.2, 0.25) is 5.02 Å². The number of hydrogen-bond donors (Lipinski definition) is 1. The molecule has 0 unspecified atom stereocenters. The van der Waals surface area contributed by atoms with Crippen molar-refractivity contribution in [1.29, 1.82) is 0 Å². The number of fused-ring (bicyclic) bond motifs is 1. The van der Waals surface area contributed by atoms with E-state index in [0.29, 0.717) is 10.9 Å². The van der Waals surface area contributed by atoms with E-state index in [1.807, 2.05) is 18.3 Å². The number of ether oxygens (including phenoxy) is 1. The number of esters is 1. The minimum Gasteiger partial charge on any atom is -0.456 e. The van der Waals surface area contributed by atoms with Crippen molar-refractivity contribution in [3.63, 3.8) is 0 Å². The van der Waals surface area contributed by atoms with Gasteiger partial charge in [0, 0.05) is 6.54 Å². The molecule has 0 fully saturated rings. The largest absolute Gasteiger partial charge is 0.456 e. The van der Waals surface area contributed by atoms with Gasteiger partial charge in [-0.15, -0.1) is 0 Å². The maximum atomic E-state index is 13.1. The predicted octanol–water partition coefficient (Wildman–Crippen LogP) is 3.95. The summed E-state index contributed by atoms with van der Waals surface area (Å²) >= 11 is 5.77. The Kier molecular flexibility index (Phi) is 6.83. The molecule has 0 radical (unpaired) electrons. The Balaban J connectivity index is 1.58. The van der Waals surface area contributed by atoms with Gasteiger partial charge in [0.1, 0.15) is 0 Å². The second-order valence-corrected chi connectivity index (χ2v) is 7.24. The molecule has 0 spiro atoms. The third kappa shape index (κ3) is 5.25. The van der Waals surface area contributed by atoms with Crippen molar-refractivity contribution in [2.24, 2.45) is 0 Å². The summed E-state index contributed by atoms with van der Waals surface area (Å²) in [7, 11) is 0. The molecule has 0 aliphatic carbocycles. The first-order valence-electron chi connectivity index (χ1n) is 9.34. The second kappa shape index (κ2) is 9.39. The molecule has 0 aliphatic heterocycles. The van der Waals surface area contributed by atoms with Crippen LogP contribution in [0, 0.1) is 6.92 Å². The summed E-state index contributed by atoms with van der Waals surface area (Å²) in [5.74, 6) is -1.80. The van der Waals surface area contributed by atoms with Crippen molar-refractivity contribution in [2.75, 3.05) is 11.9 Å². The molecule has 1 N–H and O–H groups in total. The Morgan fingerprint density at radius 2 is 1.91 bits per heavy atom. The van der Waals surface area contributed by atoms with Crippen molar-refractivity contribution in [1.82, 2.24) is 9.55 Å². The zero-order chi connectivity index (χ0) is 23.5. The van der Waals surface area contributed by atoms with E-state index in [2.05, 4.69) is 4.98 Å². The summed E-state index contributed by atoms with van der Waals surface area (Å²) in [6.07, 6.45) is -3.66. The first-order chi connectivity index (χ1) is 15.1. The SMILES string of the molecule is Cc1cccc2c(=O)n(CCC(=O)OCC(=O)Nc3c(Cl)cccc3C(F)(F)F)cnc12. The van der Waals surface area contributed by atoms with E-state index < -0.39 is 35.9 Å². The average Bonchev–Trinajstić information content (AvgIpc) is 2.73. The number of nitrogens with zero attached hydrogens (tertiary/aromatic N) is 2. The van der Waals surface area contributed by atoms with Gasteiger partial charge in [0.25, 0.3) is 11.5 Å². The second-order valence-electron chi connectivity index (χ2n) is 6.83. The Hall–Kier alpha value is -3.40. The van der Waals surface area contributed by atoms with Gasteiger partial charge in [0.05, 0.1) is 39.9 Å². The lowest BCUT2D eigenvalue weighted by Gasteiger charge is -2.15. The van der Waals surface area contributed by atoms with Crippen molar-refractivity contribution in [3.8, 4) is 0 Å². The van der Waals surface area contributed by atoms with Gasteiger partial charge in [-0.05, 0) is 30.7 Å². The molecule has 1 heterocycles. The van der Waals surface area contributed by atoms with Gasteiger partial charge in [0.2, 0.25) is 0 Å². The fourth-order valence-electron chi connectivity index (χ4n) is 2.99.